The Labute approximate surface area is 163 Å². The Balaban J connectivity index is 1.35. The van der Waals surface area contributed by atoms with Crippen LogP contribution < -0.4 is 5.56 Å². The highest BCUT2D eigenvalue weighted by molar-refractivity contribution is 5.91. The van der Waals surface area contributed by atoms with Gasteiger partial charge in [-0.25, -0.2) is 4.98 Å². The molecule has 142 valence electrons. The van der Waals surface area contributed by atoms with Crippen LogP contribution in [-0.2, 0) is 11.3 Å². The maximum absolute atomic E-state index is 12.4. The molecule has 0 radical (unpaired) electrons. The van der Waals surface area contributed by atoms with Gasteiger partial charge in [-0.2, -0.15) is 0 Å². The molecule has 3 heterocycles. The second kappa shape index (κ2) is 8.19. The maximum Gasteiger partial charge on any atom is 0.258 e. The first-order chi connectivity index (χ1) is 13.7. The summed E-state index contributed by atoms with van der Waals surface area (Å²) in [7, 11) is 0. The summed E-state index contributed by atoms with van der Waals surface area (Å²) < 4.78 is 1.54. The topological polar surface area (TPSA) is 57.9 Å². The molecule has 0 spiro atoms. The normalized spacial score (nSPS) is 15.4. The summed E-state index contributed by atoms with van der Waals surface area (Å²) in [4.78, 5) is 33.3. The molecule has 0 bridgehead atoms. The zero-order valence-electron chi connectivity index (χ0n) is 15.6. The van der Waals surface area contributed by atoms with Crippen molar-refractivity contribution in [1.82, 2.24) is 19.2 Å². The highest BCUT2D eigenvalue weighted by Crippen LogP contribution is 2.09. The molecule has 0 unspecified atom stereocenters. The van der Waals surface area contributed by atoms with Crippen molar-refractivity contribution in [1.29, 1.82) is 0 Å². The van der Waals surface area contributed by atoms with E-state index in [2.05, 4.69) is 9.88 Å². The number of benzene rings is 1. The lowest BCUT2D eigenvalue weighted by molar-refractivity contribution is -0.127. The van der Waals surface area contributed by atoms with E-state index in [0.29, 0.717) is 25.3 Å². The van der Waals surface area contributed by atoms with Crippen molar-refractivity contribution < 1.29 is 4.79 Å². The summed E-state index contributed by atoms with van der Waals surface area (Å²) in [5, 5.41) is 0. The van der Waals surface area contributed by atoms with Gasteiger partial charge in [0.05, 0.1) is 5.69 Å². The largest absolute Gasteiger partial charge is 0.337 e. The number of hydrogen-bond acceptors (Lipinski definition) is 4. The Morgan fingerprint density at radius 3 is 2.54 bits per heavy atom. The highest BCUT2D eigenvalue weighted by atomic mass is 16.2. The zero-order valence-corrected chi connectivity index (χ0v) is 15.6. The Hall–Kier alpha value is -3.25. The summed E-state index contributed by atoms with van der Waals surface area (Å²) in [6.07, 6.45) is 5.21. The summed E-state index contributed by atoms with van der Waals surface area (Å²) in [6.45, 7) is 3.49. The van der Waals surface area contributed by atoms with Crippen molar-refractivity contribution in [3.63, 3.8) is 0 Å². The van der Waals surface area contributed by atoms with Gasteiger partial charge >= 0.3 is 0 Å². The lowest BCUT2D eigenvalue weighted by atomic mass is 10.2. The predicted molar refractivity (Wildman–Crippen MR) is 109 cm³/mol. The lowest BCUT2D eigenvalue weighted by Crippen LogP contribution is -2.48. The molecule has 1 aliphatic heterocycles. The fraction of sp³-hybridized carbons (Fsp3) is 0.227. The van der Waals surface area contributed by atoms with Gasteiger partial charge in [-0.1, -0.05) is 36.4 Å². The number of pyridine rings is 1. The number of carbonyl (C=O) groups is 1. The molecule has 6 nitrogen and oxygen atoms in total. The number of amides is 1. The number of carbonyl (C=O) groups excluding carboxylic acids is 1. The zero-order chi connectivity index (χ0) is 19.3. The second-order valence-corrected chi connectivity index (χ2v) is 6.86. The van der Waals surface area contributed by atoms with E-state index in [0.717, 1.165) is 24.3 Å². The van der Waals surface area contributed by atoms with Crippen LogP contribution in [0, 0.1) is 0 Å². The molecule has 1 aromatic carbocycles. The van der Waals surface area contributed by atoms with Gasteiger partial charge in [-0.15, -0.1) is 0 Å². The first-order valence-corrected chi connectivity index (χ1v) is 9.41. The number of fused-ring (bicyclic) bond motifs is 1. The lowest BCUT2D eigenvalue weighted by Gasteiger charge is -2.34. The van der Waals surface area contributed by atoms with Crippen LogP contribution >= 0.6 is 0 Å². The minimum absolute atomic E-state index is 0.0329. The Bertz CT molecular complexity index is 1050. The van der Waals surface area contributed by atoms with Crippen molar-refractivity contribution in [2.75, 3.05) is 26.2 Å². The van der Waals surface area contributed by atoms with Crippen LogP contribution in [0.1, 0.15) is 11.3 Å². The molecule has 3 aromatic rings. The van der Waals surface area contributed by atoms with Crippen LogP contribution in [0.4, 0.5) is 0 Å². The minimum Gasteiger partial charge on any atom is -0.337 e. The van der Waals surface area contributed by atoms with Gasteiger partial charge in [0, 0.05) is 51.1 Å². The number of rotatable bonds is 4. The number of hydrogen-bond donors (Lipinski definition) is 0. The summed E-state index contributed by atoms with van der Waals surface area (Å²) >= 11 is 0. The van der Waals surface area contributed by atoms with Crippen molar-refractivity contribution in [3.8, 4) is 0 Å². The standard InChI is InChI=1S/C22H22N4O2/c27-21(10-9-18-6-2-1-3-7-18)25-14-12-24(13-15-25)17-19-16-22(28)26-11-5-4-8-20(26)23-19/h1-11,16H,12-15,17H2/b10-9+. The Morgan fingerprint density at radius 1 is 1.00 bits per heavy atom. The molecule has 28 heavy (non-hydrogen) atoms. The van der Waals surface area contributed by atoms with E-state index in [1.807, 2.05) is 59.5 Å². The van der Waals surface area contributed by atoms with Gasteiger partial charge in [0.2, 0.25) is 5.91 Å². The molecular weight excluding hydrogens is 352 g/mol. The average Bonchev–Trinajstić information content (AvgIpc) is 2.73. The summed E-state index contributed by atoms with van der Waals surface area (Å²) in [5.74, 6) is 0.0329. The predicted octanol–water partition coefficient (Wildman–Crippen LogP) is 2.05. The van der Waals surface area contributed by atoms with E-state index in [1.165, 1.54) is 0 Å². The molecule has 0 aliphatic carbocycles. The Morgan fingerprint density at radius 2 is 1.75 bits per heavy atom. The first kappa shape index (κ1) is 18.1. The molecule has 2 aromatic heterocycles. The molecule has 1 fully saturated rings. The molecule has 1 aliphatic rings. The summed E-state index contributed by atoms with van der Waals surface area (Å²) in [5.41, 5.74) is 2.37. The van der Waals surface area contributed by atoms with Gasteiger partial charge in [-0.3, -0.25) is 18.9 Å². The first-order valence-electron chi connectivity index (χ1n) is 9.41. The third-order valence-corrected chi connectivity index (χ3v) is 4.91. The maximum atomic E-state index is 12.4. The van der Waals surface area contributed by atoms with Gasteiger partial charge in [0.15, 0.2) is 0 Å². The van der Waals surface area contributed by atoms with Gasteiger partial charge < -0.3 is 4.90 Å². The van der Waals surface area contributed by atoms with Crippen LogP contribution in [0.3, 0.4) is 0 Å². The van der Waals surface area contributed by atoms with E-state index >= 15 is 0 Å². The second-order valence-electron chi connectivity index (χ2n) is 6.86. The summed E-state index contributed by atoms with van der Waals surface area (Å²) in [6, 6.07) is 16.9. The van der Waals surface area contributed by atoms with Crippen molar-refractivity contribution in [2.45, 2.75) is 6.54 Å². The van der Waals surface area contributed by atoms with Crippen LogP contribution in [0.25, 0.3) is 11.7 Å². The quantitative estimate of drug-likeness (QED) is 0.656. The molecule has 0 saturated carbocycles. The molecule has 1 saturated heterocycles. The third kappa shape index (κ3) is 4.18. The van der Waals surface area contributed by atoms with Gasteiger partial charge in [-0.05, 0) is 23.8 Å². The highest BCUT2D eigenvalue weighted by Gasteiger charge is 2.20. The molecule has 1 amide bonds. The minimum atomic E-state index is -0.0690. The fourth-order valence-corrected chi connectivity index (χ4v) is 3.38. The van der Waals surface area contributed by atoms with Crippen LogP contribution in [0.5, 0.6) is 0 Å². The van der Waals surface area contributed by atoms with Gasteiger partial charge in [0.1, 0.15) is 5.65 Å². The third-order valence-electron chi connectivity index (χ3n) is 4.91. The van der Waals surface area contributed by atoms with Crippen molar-refractivity contribution >= 4 is 17.6 Å². The SMILES string of the molecule is O=C(/C=C/c1ccccc1)N1CCN(Cc2cc(=O)n3ccccc3n2)CC1. The molecule has 0 atom stereocenters. The number of aromatic nitrogens is 2. The monoisotopic (exact) mass is 374 g/mol. The smallest absolute Gasteiger partial charge is 0.258 e. The van der Waals surface area contributed by atoms with Crippen LogP contribution in [-0.4, -0.2) is 51.3 Å². The van der Waals surface area contributed by atoms with E-state index < -0.39 is 0 Å². The number of nitrogens with zero attached hydrogens (tertiary/aromatic N) is 4. The number of piperazine rings is 1. The fourth-order valence-electron chi connectivity index (χ4n) is 3.38. The average molecular weight is 374 g/mol. The van der Waals surface area contributed by atoms with Gasteiger partial charge in [0.25, 0.3) is 5.56 Å². The van der Waals surface area contributed by atoms with Crippen molar-refractivity contribution in [2.24, 2.45) is 0 Å². The van der Waals surface area contributed by atoms with Crippen LogP contribution in [0.2, 0.25) is 0 Å². The molecular formula is C22H22N4O2. The molecule has 6 heteroatoms. The van der Waals surface area contributed by atoms with Crippen LogP contribution in [0.15, 0.2) is 71.7 Å². The van der Waals surface area contributed by atoms with E-state index in [1.54, 1.807) is 22.7 Å². The van der Waals surface area contributed by atoms with E-state index in [4.69, 9.17) is 0 Å². The van der Waals surface area contributed by atoms with Crippen molar-refractivity contribution in [3.05, 3.63) is 88.5 Å². The van der Waals surface area contributed by atoms with E-state index in [9.17, 15) is 9.59 Å². The Kier molecular flexibility index (Phi) is 5.30. The van der Waals surface area contributed by atoms with E-state index in [-0.39, 0.29) is 11.5 Å². The molecule has 0 N–H and O–H groups in total. The molecule has 4 rings (SSSR count).